The highest BCUT2D eigenvalue weighted by molar-refractivity contribution is 5.03. The second kappa shape index (κ2) is 6.04. The molecule has 0 aliphatic heterocycles. The fraction of sp³-hybridized carbons (Fsp3) is 0.769. The van der Waals surface area contributed by atoms with Crippen LogP contribution in [0.15, 0.2) is 10.6 Å². The standard InChI is InChI=1S/C13H24N2O/c1-10(2)7-15(8-11(3)4)9-13-6-12(5)16-14-13/h6,10-11H,7-9H2,1-5H3. The summed E-state index contributed by atoms with van der Waals surface area (Å²) >= 11 is 0. The first kappa shape index (κ1) is 13.2. The number of aryl methyl sites for hydroxylation is 1. The van der Waals surface area contributed by atoms with Gasteiger partial charge in [0, 0.05) is 25.7 Å². The van der Waals surface area contributed by atoms with Crippen molar-refractivity contribution in [3.05, 3.63) is 17.5 Å². The largest absolute Gasteiger partial charge is 0.361 e. The monoisotopic (exact) mass is 224 g/mol. The Morgan fingerprint density at radius 3 is 2.12 bits per heavy atom. The summed E-state index contributed by atoms with van der Waals surface area (Å²) in [5, 5.41) is 4.05. The van der Waals surface area contributed by atoms with E-state index in [0.29, 0.717) is 11.8 Å². The van der Waals surface area contributed by atoms with Gasteiger partial charge in [-0.3, -0.25) is 4.90 Å². The molecule has 92 valence electrons. The highest BCUT2D eigenvalue weighted by Crippen LogP contribution is 2.10. The van der Waals surface area contributed by atoms with Crippen molar-refractivity contribution in [2.45, 2.75) is 41.2 Å². The Morgan fingerprint density at radius 1 is 1.19 bits per heavy atom. The second-order valence-corrected chi connectivity index (χ2v) is 5.41. The molecule has 0 atom stereocenters. The van der Waals surface area contributed by atoms with Crippen LogP contribution in [0.2, 0.25) is 0 Å². The van der Waals surface area contributed by atoms with Gasteiger partial charge in [-0.15, -0.1) is 0 Å². The minimum atomic E-state index is 0.687. The third kappa shape index (κ3) is 4.79. The Bertz CT molecular complexity index is 295. The van der Waals surface area contributed by atoms with Crippen LogP contribution < -0.4 is 0 Å². The van der Waals surface area contributed by atoms with E-state index in [2.05, 4.69) is 37.8 Å². The first-order chi connectivity index (χ1) is 7.47. The number of hydrogen-bond acceptors (Lipinski definition) is 3. The predicted molar refractivity (Wildman–Crippen MR) is 66.2 cm³/mol. The zero-order valence-corrected chi connectivity index (χ0v) is 11.2. The Kier molecular flexibility index (Phi) is 5.00. The lowest BCUT2D eigenvalue weighted by molar-refractivity contribution is 0.206. The summed E-state index contributed by atoms with van der Waals surface area (Å²) in [6.45, 7) is 14.1. The Labute approximate surface area is 98.8 Å². The first-order valence-corrected chi connectivity index (χ1v) is 6.12. The molecule has 0 aromatic carbocycles. The summed E-state index contributed by atoms with van der Waals surface area (Å²) in [5.74, 6) is 2.27. The summed E-state index contributed by atoms with van der Waals surface area (Å²) in [7, 11) is 0. The van der Waals surface area contributed by atoms with Crippen molar-refractivity contribution in [3.63, 3.8) is 0 Å². The van der Waals surface area contributed by atoms with Crippen LogP contribution in [0.1, 0.15) is 39.1 Å². The van der Waals surface area contributed by atoms with Gasteiger partial charge in [-0.1, -0.05) is 32.9 Å². The quantitative estimate of drug-likeness (QED) is 0.743. The summed E-state index contributed by atoms with van der Waals surface area (Å²) in [4.78, 5) is 2.45. The SMILES string of the molecule is Cc1cc(CN(CC(C)C)CC(C)C)no1. The third-order valence-electron chi connectivity index (χ3n) is 2.31. The fourth-order valence-corrected chi connectivity index (χ4v) is 1.96. The second-order valence-electron chi connectivity index (χ2n) is 5.41. The Morgan fingerprint density at radius 2 is 1.75 bits per heavy atom. The van der Waals surface area contributed by atoms with Crippen molar-refractivity contribution >= 4 is 0 Å². The lowest BCUT2D eigenvalue weighted by Gasteiger charge is -2.24. The van der Waals surface area contributed by atoms with Crippen molar-refractivity contribution in [1.82, 2.24) is 10.1 Å². The molecular weight excluding hydrogens is 200 g/mol. The van der Waals surface area contributed by atoms with Crippen LogP contribution in [0.25, 0.3) is 0 Å². The van der Waals surface area contributed by atoms with E-state index in [-0.39, 0.29) is 0 Å². The van der Waals surface area contributed by atoms with Gasteiger partial charge in [0.25, 0.3) is 0 Å². The van der Waals surface area contributed by atoms with E-state index < -0.39 is 0 Å². The van der Waals surface area contributed by atoms with Crippen molar-refractivity contribution < 1.29 is 4.52 Å². The molecule has 16 heavy (non-hydrogen) atoms. The molecule has 0 bridgehead atoms. The fourth-order valence-electron chi connectivity index (χ4n) is 1.96. The lowest BCUT2D eigenvalue weighted by atomic mass is 10.1. The lowest BCUT2D eigenvalue weighted by Crippen LogP contribution is -2.31. The van der Waals surface area contributed by atoms with Crippen molar-refractivity contribution in [2.75, 3.05) is 13.1 Å². The van der Waals surface area contributed by atoms with Crippen LogP contribution in [-0.4, -0.2) is 23.1 Å². The molecule has 1 rings (SSSR count). The highest BCUT2D eigenvalue weighted by Gasteiger charge is 2.12. The van der Waals surface area contributed by atoms with Gasteiger partial charge in [0.15, 0.2) is 0 Å². The van der Waals surface area contributed by atoms with E-state index in [0.717, 1.165) is 31.1 Å². The minimum Gasteiger partial charge on any atom is -0.361 e. The summed E-state index contributed by atoms with van der Waals surface area (Å²) in [5.41, 5.74) is 1.04. The molecule has 0 spiro atoms. The van der Waals surface area contributed by atoms with E-state index in [4.69, 9.17) is 4.52 Å². The molecule has 0 saturated heterocycles. The normalized spacial score (nSPS) is 12.0. The van der Waals surface area contributed by atoms with Crippen molar-refractivity contribution in [1.29, 1.82) is 0 Å². The molecule has 1 aromatic heterocycles. The molecule has 0 aliphatic carbocycles. The van der Waals surface area contributed by atoms with E-state index >= 15 is 0 Å². The minimum absolute atomic E-state index is 0.687. The molecule has 0 amide bonds. The number of nitrogens with zero attached hydrogens (tertiary/aromatic N) is 2. The van der Waals surface area contributed by atoms with Crippen molar-refractivity contribution in [3.8, 4) is 0 Å². The molecule has 3 nitrogen and oxygen atoms in total. The molecular formula is C13H24N2O. The maximum absolute atomic E-state index is 5.10. The summed E-state index contributed by atoms with van der Waals surface area (Å²) in [6.07, 6.45) is 0. The summed E-state index contributed by atoms with van der Waals surface area (Å²) in [6, 6.07) is 2.02. The molecule has 1 aromatic rings. The zero-order chi connectivity index (χ0) is 12.1. The topological polar surface area (TPSA) is 29.3 Å². The molecule has 0 saturated carbocycles. The first-order valence-electron chi connectivity index (χ1n) is 6.12. The molecule has 0 N–H and O–H groups in total. The molecule has 3 heteroatoms. The zero-order valence-electron chi connectivity index (χ0n) is 11.2. The van der Waals surface area contributed by atoms with Gasteiger partial charge in [0.05, 0.1) is 5.69 Å². The number of aromatic nitrogens is 1. The van der Waals surface area contributed by atoms with Gasteiger partial charge in [-0.25, -0.2) is 0 Å². The predicted octanol–water partition coefficient (Wildman–Crippen LogP) is 3.10. The highest BCUT2D eigenvalue weighted by atomic mass is 16.5. The maximum Gasteiger partial charge on any atom is 0.133 e. The van der Waals surface area contributed by atoms with Crippen LogP contribution in [0.5, 0.6) is 0 Å². The summed E-state index contributed by atoms with van der Waals surface area (Å²) < 4.78 is 5.10. The smallest absolute Gasteiger partial charge is 0.133 e. The molecule has 1 heterocycles. The van der Waals surface area contributed by atoms with E-state index in [1.165, 1.54) is 0 Å². The average Bonchev–Trinajstić information content (AvgIpc) is 2.48. The number of hydrogen-bond donors (Lipinski definition) is 0. The van der Waals surface area contributed by atoms with Crippen LogP contribution >= 0.6 is 0 Å². The molecule has 0 fully saturated rings. The number of rotatable bonds is 6. The third-order valence-corrected chi connectivity index (χ3v) is 2.31. The average molecular weight is 224 g/mol. The Balaban J connectivity index is 2.55. The van der Waals surface area contributed by atoms with Gasteiger partial charge in [0.2, 0.25) is 0 Å². The van der Waals surface area contributed by atoms with Crippen LogP contribution in [0.3, 0.4) is 0 Å². The van der Waals surface area contributed by atoms with Gasteiger partial charge in [-0.2, -0.15) is 0 Å². The van der Waals surface area contributed by atoms with Crippen molar-refractivity contribution in [2.24, 2.45) is 11.8 Å². The van der Waals surface area contributed by atoms with Crippen LogP contribution in [0, 0.1) is 18.8 Å². The van der Waals surface area contributed by atoms with Crippen LogP contribution in [0.4, 0.5) is 0 Å². The maximum atomic E-state index is 5.10. The van der Waals surface area contributed by atoms with Gasteiger partial charge in [-0.05, 0) is 18.8 Å². The van der Waals surface area contributed by atoms with E-state index in [1.807, 2.05) is 13.0 Å². The molecule has 0 radical (unpaired) electrons. The van der Waals surface area contributed by atoms with E-state index in [1.54, 1.807) is 0 Å². The van der Waals surface area contributed by atoms with E-state index in [9.17, 15) is 0 Å². The van der Waals surface area contributed by atoms with Gasteiger partial charge >= 0.3 is 0 Å². The Hall–Kier alpha value is -0.830. The van der Waals surface area contributed by atoms with Crippen LogP contribution in [-0.2, 0) is 6.54 Å². The molecule has 0 unspecified atom stereocenters. The van der Waals surface area contributed by atoms with Gasteiger partial charge in [0.1, 0.15) is 5.76 Å². The van der Waals surface area contributed by atoms with Gasteiger partial charge < -0.3 is 4.52 Å². The molecule has 0 aliphatic rings.